The second kappa shape index (κ2) is 24.3. The van der Waals surface area contributed by atoms with Crippen LogP contribution in [-0.2, 0) is 0 Å². The second-order valence-electron chi connectivity index (χ2n) is 28.0. The van der Waals surface area contributed by atoms with Crippen molar-refractivity contribution in [3.05, 3.63) is 376 Å². The van der Waals surface area contributed by atoms with Crippen LogP contribution in [0.25, 0.3) is 208 Å². The van der Waals surface area contributed by atoms with Crippen molar-refractivity contribution in [1.29, 1.82) is 0 Å². The van der Waals surface area contributed by atoms with E-state index in [0.717, 1.165) is 188 Å². The molecule has 0 unspecified atom stereocenters. The smallest absolute Gasteiger partial charge is 0.165 e. The van der Waals surface area contributed by atoms with Crippen LogP contribution in [0.3, 0.4) is 0 Å². The number of benzene rings is 15. The highest BCUT2D eigenvalue weighted by molar-refractivity contribution is 7.26. The van der Waals surface area contributed by atoms with Crippen molar-refractivity contribution in [2.24, 2.45) is 0 Å². The quantitative estimate of drug-likeness (QED) is 0.130. The van der Waals surface area contributed by atoms with E-state index in [4.69, 9.17) is 9.97 Å². The lowest BCUT2D eigenvalue weighted by molar-refractivity contribution is 0.961. The van der Waals surface area contributed by atoms with Crippen LogP contribution in [0.1, 0.15) is 0 Å². The Labute approximate surface area is 620 Å². The van der Waals surface area contributed by atoms with Gasteiger partial charge < -0.3 is 9.13 Å². The Hall–Kier alpha value is -14.0. The van der Waals surface area contributed by atoms with Crippen molar-refractivity contribution in [2.45, 2.75) is 0 Å². The van der Waals surface area contributed by atoms with Crippen LogP contribution in [0.4, 0.5) is 0 Å². The number of hydrogen-bond donors (Lipinski definition) is 0. The largest absolute Gasteiger partial charge is 0.305 e. The van der Waals surface area contributed by atoms with Gasteiger partial charge in [-0.15, -0.1) is 11.3 Å². The fraction of sp³-hybridized carbons (Fsp3) is 0. The molecule has 0 amide bonds. The molecule has 498 valence electrons. The highest BCUT2D eigenvalue weighted by Crippen LogP contribution is 2.53. The maximum Gasteiger partial charge on any atom is 0.165 e. The molecular formula is C100H62N6S. The molecule has 0 fully saturated rings. The van der Waals surface area contributed by atoms with Gasteiger partial charge >= 0.3 is 0 Å². The molecule has 0 aliphatic rings. The normalized spacial score (nSPS) is 11.9. The van der Waals surface area contributed by atoms with Crippen molar-refractivity contribution in [1.82, 2.24) is 28.2 Å². The summed E-state index contributed by atoms with van der Waals surface area (Å²) in [4.78, 5) is 11.7. The third kappa shape index (κ3) is 9.58. The molecule has 22 aromatic rings. The highest BCUT2D eigenvalue weighted by Gasteiger charge is 2.34. The number of thiophene rings is 1. The standard InChI is InChI=1S/C100H62N6S/c1-7-24-63(25-8-1)69-42-48-87-79(56-69)80-57-70(64-26-9-2-10-27-64)43-49-88(80)103(87)96-95(78-39-23-38-77-76-37-20-22-41-94(76)107-98(77)78)97(104-89-50-44-71(65-28-11-3-12-29-65)58-81(89)82-59-72(45-51-90(82)104)66-30-13-4-14-31-66)100(102-99(96)105-86-40-21-19-36-75(86)85-62-101-55-54-93(85)105)106-91-52-46-73(67-32-15-5-16-33-67)60-83(91)84-61-74(47-53-92(84)106)68-34-17-6-18-35-68/h1-62H. The maximum atomic E-state index is 6.80. The van der Waals surface area contributed by atoms with E-state index in [-0.39, 0.29) is 0 Å². The first-order valence-corrected chi connectivity index (χ1v) is 37.3. The Morgan fingerprint density at radius 1 is 0.215 bits per heavy atom. The molecule has 22 rings (SSSR count). The van der Waals surface area contributed by atoms with E-state index in [0.29, 0.717) is 0 Å². The minimum absolute atomic E-state index is 0.752. The summed E-state index contributed by atoms with van der Waals surface area (Å²) >= 11 is 1.86. The summed E-state index contributed by atoms with van der Waals surface area (Å²) in [5.74, 6) is 1.51. The summed E-state index contributed by atoms with van der Waals surface area (Å²) in [6, 6.07) is 135. The topological polar surface area (TPSA) is 45.5 Å². The van der Waals surface area contributed by atoms with E-state index in [1.54, 1.807) is 0 Å². The number of aromatic nitrogens is 6. The third-order valence-electron chi connectivity index (χ3n) is 22.1. The number of fused-ring (bicyclic) bond motifs is 15. The Bertz CT molecular complexity index is 6990. The van der Waals surface area contributed by atoms with E-state index in [9.17, 15) is 0 Å². The third-order valence-corrected chi connectivity index (χ3v) is 23.3. The number of para-hydroxylation sites is 1. The van der Waals surface area contributed by atoms with Crippen molar-refractivity contribution < 1.29 is 0 Å². The monoisotopic (exact) mass is 1380 g/mol. The highest BCUT2D eigenvalue weighted by atomic mass is 32.1. The predicted molar refractivity (Wildman–Crippen MR) is 450 cm³/mol. The molecule has 0 spiro atoms. The summed E-state index contributed by atoms with van der Waals surface area (Å²) in [5, 5.41) is 11.2. The zero-order chi connectivity index (χ0) is 70.2. The Morgan fingerprint density at radius 2 is 0.523 bits per heavy atom. The summed E-state index contributed by atoms with van der Waals surface area (Å²) in [6.45, 7) is 0. The van der Waals surface area contributed by atoms with Gasteiger partial charge in [0.25, 0.3) is 0 Å². The minimum atomic E-state index is 0.752. The first-order valence-electron chi connectivity index (χ1n) is 36.5. The van der Waals surface area contributed by atoms with Crippen LogP contribution in [-0.4, -0.2) is 28.2 Å². The van der Waals surface area contributed by atoms with E-state index < -0.39 is 0 Å². The number of nitrogens with zero attached hydrogens (tertiary/aromatic N) is 6. The maximum absolute atomic E-state index is 6.80. The summed E-state index contributed by atoms with van der Waals surface area (Å²) in [7, 11) is 0. The van der Waals surface area contributed by atoms with Gasteiger partial charge in [-0.1, -0.05) is 273 Å². The zero-order valence-electron chi connectivity index (χ0n) is 57.9. The van der Waals surface area contributed by atoms with Gasteiger partial charge in [0, 0.05) is 86.8 Å². The van der Waals surface area contributed by atoms with Crippen molar-refractivity contribution >= 4 is 119 Å². The van der Waals surface area contributed by atoms with Gasteiger partial charge in [0.15, 0.2) is 11.6 Å². The van der Waals surface area contributed by atoms with E-state index >= 15 is 0 Å². The molecule has 0 bridgehead atoms. The van der Waals surface area contributed by atoms with Crippen LogP contribution in [0.5, 0.6) is 0 Å². The molecular weight excluding hydrogens is 1320 g/mol. The molecule has 7 heteroatoms. The Morgan fingerprint density at radius 3 is 0.907 bits per heavy atom. The number of hydrogen-bond acceptors (Lipinski definition) is 3. The van der Waals surface area contributed by atoms with Gasteiger partial charge in [-0.2, -0.15) is 0 Å². The van der Waals surface area contributed by atoms with Crippen molar-refractivity contribution in [3.8, 4) is 101 Å². The summed E-state index contributed by atoms with van der Waals surface area (Å²) in [5.41, 5.74) is 25.8. The molecule has 6 nitrogen and oxygen atoms in total. The lowest BCUT2D eigenvalue weighted by Gasteiger charge is -2.27. The van der Waals surface area contributed by atoms with Gasteiger partial charge in [-0.3, -0.25) is 14.1 Å². The Kier molecular flexibility index (Phi) is 13.8. The van der Waals surface area contributed by atoms with Crippen LogP contribution in [0.2, 0.25) is 0 Å². The Balaban J connectivity index is 1.01. The van der Waals surface area contributed by atoms with Gasteiger partial charge in [-0.05, 0) is 158 Å². The van der Waals surface area contributed by atoms with Crippen LogP contribution < -0.4 is 0 Å². The first-order chi connectivity index (χ1) is 53.1. The number of rotatable bonds is 11. The SMILES string of the molecule is c1ccc(-c2ccc3c(c2)c2cc(-c4ccccc4)ccc2n3-c2nc(-n3c4ccccc4c4cnccc43)c(-n3c4ccc(-c5ccccc5)cc4c4cc(-c5ccccc5)ccc43)c(-c3cccc4c3sc3ccccc34)c2-n2c3ccc(-c4ccccc4)cc3c3cc(-c4ccccc4)ccc32)cc1. The molecule has 0 aliphatic heterocycles. The molecule has 0 saturated carbocycles. The van der Waals surface area contributed by atoms with Crippen LogP contribution in [0.15, 0.2) is 376 Å². The van der Waals surface area contributed by atoms with Crippen molar-refractivity contribution in [3.63, 3.8) is 0 Å². The van der Waals surface area contributed by atoms with Gasteiger partial charge in [0.05, 0.1) is 44.1 Å². The molecule has 15 aromatic carbocycles. The summed E-state index contributed by atoms with van der Waals surface area (Å²) in [6.07, 6.45) is 3.97. The molecule has 0 radical (unpaired) electrons. The van der Waals surface area contributed by atoms with Gasteiger partial charge in [-0.25, -0.2) is 4.98 Å². The average Bonchev–Trinajstić information content (AvgIpc) is 1.55. The fourth-order valence-electron chi connectivity index (χ4n) is 17.2. The molecule has 107 heavy (non-hydrogen) atoms. The lowest BCUT2D eigenvalue weighted by Crippen LogP contribution is -2.16. The zero-order valence-corrected chi connectivity index (χ0v) is 58.7. The second-order valence-corrected chi connectivity index (χ2v) is 29.0. The first kappa shape index (κ1) is 60.6. The number of pyridine rings is 2. The summed E-state index contributed by atoms with van der Waals surface area (Å²) < 4.78 is 12.5. The average molecular weight is 1380 g/mol. The van der Waals surface area contributed by atoms with Gasteiger partial charge in [0.1, 0.15) is 11.4 Å². The fourth-order valence-corrected chi connectivity index (χ4v) is 18.4. The minimum Gasteiger partial charge on any atom is -0.305 e. The molecule has 0 saturated heterocycles. The predicted octanol–water partition coefficient (Wildman–Crippen LogP) is 26.9. The van der Waals surface area contributed by atoms with E-state index in [1.165, 1.54) is 20.2 Å². The van der Waals surface area contributed by atoms with Gasteiger partial charge in [0.2, 0.25) is 0 Å². The molecule has 0 N–H and O–H groups in total. The van der Waals surface area contributed by atoms with Crippen LogP contribution >= 0.6 is 11.3 Å². The molecule has 7 heterocycles. The van der Waals surface area contributed by atoms with E-state index in [1.807, 2.05) is 23.7 Å². The lowest BCUT2D eigenvalue weighted by atomic mass is 9.98. The van der Waals surface area contributed by atoms with Crippen molar-refractivity contribution in [2.75, 3.05) is 0 Å². The van der Waals surface area contributed by atoms with E-state index in [2.05, 4.69) is 382 Å². The molecule has 7 aromatic heterocycles. The molecule has 0 aliphatic carbocycles. The molecule has 0 atom stereocenters. The van der Waals surface area contributed by atoms with Crippen LogP contribution in [0, 0.1) is 0 Å².